The van der Waals surface area contributed by atoms with E-state index in [0.717, 1.165) is 12.2 Å². The SMILES string of the molecule is Cc1ccc(Cn2cncc2-c2ccccc2)cc1. The molecule has 0 N–H and O–H groups in total. The van der Waals surface area contributed by atoms with Crippen molar-refractivity contribution in [3.05, 3.63) is 78.2 Å². The molecule has 94 valence electrons. The highest BCUT2D eigenvalue weighted by atomic mass is 15.0. The Kier molecular flexibility index (Phi) is 3.15. The molecule has 0 saturated heterocycles. The van der Waals surface area contributed by atoms with E-state index in [2.05, 4.69) is 65.0 Å². The first kappa shape index (κ1) is 11.7. The summed E-state index contributed by atoms with van der Waals surface area (Å²) in [5, 5.41) is 0. The number of aryl methyl sites for hydroxylation is 1. The summed E-state index contributed by atoms with van der Waals surface area (Å²) in [6.07, 6.45) is 3.81. The Morgan fingerprint density at radius 3 is 2.42 bits per heavy atom. The van der Waals surface area contributed by atoms with Gasteiger partial charge in [-0.2, -0.15) is 0 Å². The van der Waals surface area contributed by atoms with E-state index in [1.54, 1.807) is 0 Å². The van der Waals surface area contributed by atoms with E-state index < -0.39 is 0 Å². The molecule has 0 bridgehead atoms. The van der Waals surface area contributed by atoms with Crippen LogP contribution in [0.4, 0.5) is 0 Å². The van der Waals surface area contributed by atoms with Crippen LogP contribution < -0.4 is 0 Å². The summed E-state index contributed by atoms with van der Waals surface area (Å²) in [6.45, 7) is 2.96. The molecule has 0 radical (unpaired) electrons. The zero-order valence-corrected chi connectivity index (χ0v) is 11.0. The molecule has 0 saturated carbocycles. The van der Waals surface area contributed by atoms with E-state index in [1.807, 2.05) is 18.6 Å². The molecule has 0 aliphatic rings. The molecule has 19 heavy (non-hydrogen) atoms. The van der Waals surface area contributed by atoms with Crippen molar-refractivity contribution < 1.29 is 0 Å². The van der Waals surface area contributed by atoms with Gasteiger partial charge in [-0.25, -0.2) is 4.98 Å². The first-order valence-corrected chi connectivity index (χ1v) is 6.44. The smallest absolute Gasteiger partial charge is 0.0954 e. The maximum atomic E-state index is 4.28. The van der Waals surface area contributed by atoms with E-state index in [4.69, 9.17) is 0 Å². The van der Waals surface area contributed by atoms with Gasteiger partial charge in [-0.15, -0.1) is 0 Å². The number of nitrogens with zero attached hydrogens (tertiary/aromatic N) is 2. The number of aromatic nitrogens is 2. The van der Waals surface area contributed by atoms with Gasteiger partial charge in [0.05, 0.1) is 18.2 Å². The maximum absolute atomic E-state index is 4.28. The summed E-state index contributed by atoms with van der Waals surface area (Å²) in [6, 6.07) is 19.0. The molecule has 1 heterocycles. The monoisotopic (exact) mass is 248 g/mol. The maximum Gasteiger partial charge on any atom is 0.0954 e. The molecular weight excluding hydrogens is 232 g/mol. The van der Waals surface area contributed by atoms with E-state index in [-0.39, 0.29) is 0 Å². The van der Waals surface area contributed by atoms with Crippen LogP contribution in [0.25, 0.3) is 11.3 Å². The Morgan fingerprint density at radius 2 is 1.68 bits per heavy atom. The highest BCUT2D eigenvalue weighted by molar-refractivity contribution is 5.58. The van der Waals surface area contributed by atoms with Gasteiger partial charge in [0.1, 0.15) is 0 Å². The summed E-state index contributed by atoms with van der Waals surface area (Å²) < 4.78 is 2.18. The summed E-state index contributed by atoms with van der Waals surface area (Å²) >= 11 is 0. The van der Waals surface area contributed by atoms with Crippen LogP contribution in [-0.2, 0) is 6.54 Å². The number of rotatable bonds is 3. The highest BCUT2D eigenvalue weighted by Crippen LogP contribution is 2.19. The number of imidazole rings is 1. The number of hydrogen-bond acceptors (Lipinski definition) is 1. The molecule has 0 aliphatic carbocycles. The van der Waals surface area contributed by atoms with Crippen molar-refractivity contribution in [1.82, 2.24) is 9.55 Å². The standard InChI is InChI=1S/C17H16N2/c1-14-7-9-15(10-8-14)12-19-13-18-11-17(19)16-5-3-2-4-6-16/h2-11,13H,12H2,1H3. The molecule has 0 unspecified atom stereocenters. The molecule has 2 nitrogen and oxygen atoms in total. The van der Waals surface area contributed by atoms with Gasteiger partial charge in [0, 0.05) is 6.54 Å². The van der Waals surface area contributed by atoms with Gasteiger partial charge in [-0.1, -0.05) is 60.2 Å². The van der Waals surface area contributed by atoms with Crippen molar-refractivity contribution in [2.24, 2.45) is 0 Å². The van der Waals surface area contributed by atoms with Crippen LogP contribution >= 0.6 is 0 Å². The third kappa shape index (κ3) is 2.58. The average Bonchev–Trinajstić information content (AvgIpc) is 2.90. The average molecular weight is 248 g/mol. The summed E-state index contributed by atoms with van der Waals surface area (Å²) in [5.41, 5.74) is 4.94. The van der Waals surface area contributed by atoms with Crippen molar-refractivity contribution in [1.29, 1.82) is 0 Å². The topological polar surface area (TPSA) is 17.8 Å². The van der Waals surface area contributed by atoms with Gasteiger partial charge in [-0.05, 0) is 18.1 Å². The van der Waals surface area contributed by atoms with Gasteiger partial charge in [0.15, 0.2) is 0 Å². The lowest BCUT2D eigenvalue weighted by Crippen LogP contribution is -2.00. The Balaban J connectivity index is 1.91. The Labute approximate surface area is 113 Å². The Hall–Kier alpha value is -2.35. The molecule has 0 fully saturated rings. The second-order valence-electron chi connectivity index (χ2n) is 4.76. The van der Waals surface area contributed by atoms with Crippen LogP contribution in [0.2, 0.25) is 0 Å². The quantitative estimate of drug-likeness (QED) is 0.687. The fourth-order valence-corrected chi connectivity index (χ4v) is 2.19. The van der Waals surface area contributed by atoms with Gasteiger partial charge >= 0.3 is 0 Å². The van der Waals surface area contributed by atoms with Crippen molar-refractivity contribution in [2.45, 2.75) is 13.5 Å². The highest BCUT2D eigenvalue weighted by Gasteiger charge is 2.04. The molecule has 0 spiro atoms. The molecule has 0 aliphatic heterocycles. The number of hydrogen-bond donors (Lipinski definition) is 0. The number of benzene rings is 2. The third-order valence-electron chi connectivity index (χ3n) is 3.26. The first-order chi connectivity index (χ1) is 9.33. The molecule has 0 atom stereocenters. The molecular formula is C17H16N2. The zero-order chi connectivity index (χ0) is 13.1. The van der Waals surface area contributed by atoms with Gasteiger partial charge in [-0.3, -0.25) is 0 Å². The minimum Gasteiger partial charge on any atom is -0.326 e. The Bertz CT molecular complexity index is 651. The van der Waals surface area contributed by atoms with E-state index >= 15 is 0 Å². The lowest BCUT2D eigenvalue weighted by Gasteiger charge is -2.08. The summed E-state index contributed by atoms with van der Waals surface area (Å²) in [5.74, 6) is 0. The first-order valence-electron chi connectivity index (χ1n) is 6.44. The van der Waals surface area contributed by atoms with Crippen molar-refractivity contribution in [3.63, 3.8) is 0 Å². The predicted octanol–water partition coefficient (Wildman–Crippen LogP) is 3.91. The van der Waals surface area contributed by atoms with Crippen LogP contribution in [0, 0.1) is 6.92 Å². The van der Waals surface area contributed by atoms with Crippen LogP contribution in [0.15, 0.2) is 67.1 Å². The normalized spacial score (nSPS) is 10.6. The van der Waals surface area contributed by atoms with Crippen LogP contribution in [0.5, 0.6) is 0 Å². The zero-order valence-electron chi connectivity index (χ0n) is 11.0. The van der Waals surface area contributed by atoms with E-state index in [0.29, 0.717) is 0 Å². The predicted molar refractivity (Wildman–Crippen MR) is 77.9 cm³/mol. The van der Waals surface area contributed by atoms with Crippen LogP contribution in [-0.4, -0.2) is 9.55 Å². The Morgan fingerprint density at radius 1 is 0.947 bits per heavy atom. The van der Waals surface area contributed by atoms with Crippen molar-refractivity contribution in [3.8, 4) is 11.3 Å². The van der Waals surface area contributed by atoms with Gasteiger partial charge in [0.25, 0.3) is 0 Å². The van der Waals surface area contributed by atoms with E-state index in [1.165, 1.54) is 16.7 Å². The second kappa shape index (κ2) is 5.11. The largest absolute Gasteiger partial charge is 0.326 e. The fourth-order valence-electron chi connectivity index (χ4n) is 2.19. The lowest BCUT2D eigenvalue weighted by molar-refractivity contribution is 0.804. The minimum atomic E-state index is 0.852. The second-order valence-corrected chi connectivity index (χ2v) is 4.76. The molecule has 0 amide bonds. The minimum absolute atomic E-state index is 0.852. The molecule has 2 heteroatoms. The van der Waals surface area contributed by atoms with E-state index in [9.17, 15) is 0 Å². The van der Waals surface area contributed by atoms with Crippen molar-refractivity contribution in [2.75, 3.05) is 0 Å². The van der Waals surface area contributed by atoms with Crippen molar-refractivity contribution >= 4 is 0 Å². The molecule has 2 aromatic carbocycles. The van der Waals surface area contributed by atoms with Gasteiger partial charge in [0.2, 0.25) is 0 Å². The van der Waals surface area contributed by atoms with Gasteiger partial charge < -0.3 is 4.57 Å². The summed E-state index contributed by atoms with van der Waals surface area (Å²) in [4.78, 5) is 4.28. The van der Waals surface area contributed by atoms with Crippen LogP contribution in [0.1, 0.15) is 11.1 Å². The summed E-state index contributed by atoms with van der Waals surface area (Å²) in [7, 11) is 0. The molecule has 3 aromatic rings. The molecule has 3 rings (SSSR count). The third-order valence-corrected chi connectivity index (χ3v) is 3.26. The lowest BCUT2D eigenvalue weighted by atomic mass is 10.1. The molecule has 1 aromatic heterocycles. The fraction of sp³-hybridized carbons (Fsp3) is 0.118. The van der Waals surface area contributed by atoms with Crippen LogP contribution in [0.3, 0.4) is 0 Å².